The second-order valence-electron chi connectivity index (χ2n) is 7.94. The molecule has 1 amide bonds. The van der Waals surface area contributed by atoms with Crippen molar-refractivity contribution in [1.29, 1.82) is 0 Å². The summed E-state index contributed by atoms with van der Waals surface area (Å²) in [7, 11) is 0. The first-order valence-electron chi connectivity index (χ1n) is 10.6. The van der Waals surface area contributed by atoms with Gasteiger partial charge in [0.15, 0.2) is 6.61 Å². The molecule has 0 atom stereocenters. The number of aryl methyl sites for hydroxylation is 3. The van der Waals surface area contributed by atoms with Gasteiger partial charge in [-0.25, -0.2) is 4.98 Å². The van der Waals surface area contributed by atoms with Gasteiger partial charge in [0.05, 0.1) is 5.69 Å². The molecule has 0 saturated heterocycles. The van der Waals surface area contributed by atoms with Crippen LogP contribution in [0.15, 0.2) is 71.7 Å². The van der Waals surface area contributed by atoms with Crippen molar-refractivity contribution in [2.75, 3.05) is 11.9 Å². The number of fused-ring (bicyclic) bond motifs is 1. The highest BCUT2D eigenvalue weighted by Gasteiger charge is 2.09. The van der Waals surface area contributed by atoms with E-state index in [-0.39, 0.29) is 24.7 Å². The number of ether oxygens (including phenoxy) is 2. The van der Waals surface area contributed by atoms with Gasteiger partial charge in [0, 0.05) is 24.0 Å². The van der Waals surface area contributed by atoms with Gasteiger partial charge < -0.3 is 14.8 Å². The third-order valence-corrected chi connectivity index (χ3v) is 5.08. The van der Waals surface area contributed by atoms with Crippen molar-refractivity contribution in [2.24, 2.45) is 0 Å². The van der Waals surface area contributed by atoms with E-state index in [1.165, 1.54) is 10.5 Å². The Bertz CT molecular complexity index is 1380. The Kier molecular flexibility index (Phi) is 6.40. The van der Waals surface area contributed by atoms with Crippen molar-refractivity contribution < 1.29 is 14.3 Å². The lowest BCUT2D eigenvalue weighted by atomic mass is 10.2. The van der Waals surface area contributed by atoms with Gasteiger partial charge in [-0.2, -0.15) is 0 Å². The van der Waals surface area contributed by atoms with Crippen molar-refractivity contribution in [3.8, 4) is 11.5 Å². The molecule has 1 N–H and O–H groups in total. The molecule has 2 aromatic heterocycles. The topological polar surface area (TPSA) is 81.9 Å². The van der Waals surface area contributed by atoms with Gasteiger partial charge >= 0.3 is 0 Å². The monoisotopic (exact) mass is 443 g/mol. The molecule has 33 heavy (non-hydrogen) atoms. The van der Waals surface area contributed by atoms with Crippen LogP contribution in [0.5, 0.6) is 11.5 Å². The fourth-order valence-electron chi connectivity index (χ4n) is 3.36. The molecule has 0 spiro atoms. The Labute approximate surface area is 191 Å². The van der Waals surface area contributed by atoms with Crippen LogP contribution in [-0.4, -0.2) is 21.9 Å². The fraction of sp³-hybridized carbons (Fsp3) is 0.192. The SMILES string of the molecule is Cc1cccc(OCC(=O)Nc2ccc(C)c(OCc3cc(=O)n4ccc(C)cc4n3)c2)c1. The second-order valence-corrected chi connectivity index (χ2v) is 7.94. The Balaban J connectivity index is 1.41. The number of pyridine rings is 1. The number of hydrogen-bond acceptors (Lipinski definition) is 5. The highest BCUT2D eigenvalue weighted by molar-refractivity contribution is 5.92. The molecule has 2 heterocycles. The van der Waals surface area contributed by atoms with Crippen LogP contribution < -0.4 is 20.3 Å². The summed E-state index contributed by atoms with van der Waals surface area (Å²) in [6.45, 7) is 5.86. The largest absolute Gasteiger partial charge is 0.487 e. The van der Waals surface area contributed by atoms with Crippen molar-refractivity contribution in [3.05, 3.63) is 99.6 Å². The molecule has 168 valence electrons. The number of nitrogens with zero attached hydrogens (tertiary/aromatic N) is 2. The number of carbonyl (C=O) groups excluding carboxylic acids is 1. The molecule has 2 aromatic carbocycles. The standard InChI is InChI=1S/C26H25N3O4/c1-17-5-4-6-22(11-17)32-16-25(30)28-20-8-7-19(3)23(13-20)33-15-21-14-26(31)29-10-9-18(2)12-24(29)27-21/h4-14H,15-16H2,1-3H3,(H,28,30). The predicted octanol–water partition coefficient (Wildman–Crippen LogP) is 4.22. The molecule has 0 bridgehead atoms. The van der Waals surface area contributed by atoms with E-state index in [0.717, 1.165) is 16.7 Å². The molecule has 0 unspecified atom stereocenters. The lowest BCUT2D eigenvalue weighted by molar-refractivity contribution is -0.118. The molecule has 4 aromatic rings. The van der Waals surface area contributed by atoms with E-state index in [1.54, 1.807) is 18.3 Å². The normalized spacial score (nSPS) is 10.8. The first-order valence-corrected chi connectivity index (χ1v) is 10.6. The van der Waals surface area contributed by atoms with Crippen LogP contribution in [-0.2, 0) is 11.4 Å². The van der Waals surface area contributed by atoms with E-state index in [1.807, 2.05) is 63.2 Å². The Morgan fingerprint density at radius 3 is 2.61 bits per heavy atom. The minimum Gasteiger partial charge on any atom is -0.487 e. The maximum absolute atomic E-state index is 12.4. The summed E-state index contributed by atoms with van der Waals surface area (Å²) >= 11 is 0. The third kappa shape index (κ3) is 5.57. The number of nitrogens with one attached hydrogen (secondary N) is 1. The van der Waals surface area contributed by atoms with Crippen molar-refractivity contribution in [3.63, 3.8) is 0 Å². The molecular weight excluding hydrogens is 418 g/mol. The number of benzene rings is 2. The fourth-order valence-corrected chi connectivity index (χ4v) is 3.36. The van der Waals surface area contributed by atoms with Gasteiger partial charge in [0.25, 0.3) is 11.5 Å². The first kappa shape index (κ1) is 22.1. The number of aromatic nitrogens is 2. The molecule has 4 rings (SSSR count). The minimum absolute atomic E-state index is 0.0993. The average molecular weight is 444 g/mol. The molecule has 0 fully saturated rings. The number of anilines is 1. The van der Waals surface area contributed by atoms with Gasteiger partial charge in [-0.15, -0.1) is 0 Å². The average Bonchev–Trinajstić information content (AvgIpc) is 2.78. The van der Waals surface area contributed by atoms with Crippen LogP contribution >= 0.6 is 0 Å². The van der Waals surface area contributed by atoms with E-state index in [9.17, 15) is 9.59 Å². The Hall–Kier alpha value is -4.13. The number of hydrogen-bond donors (Lipinski definition) is 1. The van der Waals surface area contributed by atoms with Crippen molar-refractivity contribution >= 4 is 17.2 Å². The molecule has 0 aliphatic rings. The van der Waals surface area contributed by atoms with Crippen LogP contribution in [0.25, 0.3) is 5.65 Å². The maximum atomic E-state index is 12.4. The quantitative estimate of drug-likeness (QED) is 0.463. The molecule has 7 heteroatoms. The van der Waals surface area contributed by atoms with E-state index in [4.69, 9.17) is 9.47 Å². The van der Waals surface area contributed by atoms with Crippen molar-refractivity contribution in [1.82, 2.24) is 9.38 Å². The summed E-state index contributed by atoms with van der Waals surface area (Å²) in [6.07, 6.45) is 1.71. The molecule has 0 radical (unpaired) electrons. The van der Waals surface area contributed by atoms with Crippen LogP contribution in [0.1, 0.15) is 22.4 Å². The highest BCUT2D eigenvalue weighted by atomic mass is 16.5. The lowest BCUT2D eigenvalue weighted by Crippen LogP contribution is -2.20. The zero-order valence-electron chi connectivity index (χ0n) is 18.8. The third-order valence-electron chi connectivity index (χ3n) is 5.08. The van der Waals surface area contributed by atoms with Gasteiger partial charge in [0.2, 0.25) is 0 Å². The van der Waals surface area contributed by atoms with E-state index in [0.29, 0.717) is 28.5 Å². The Morgan fingerprint density at radius 1 is 0.970 bits per heavy atom. The summed E-state index contributed by atoms with van der Waals surface area (Å²) in [4.78, 5) is 29.2. The Morgan fingerprint density at radius 2 is 1.79 bits per heavy atom. The maximum Gasteiger partial charge on any atom is 0.262 e. The molecule has 0 saturated carbocycles. The molecule has 0 aliphatic carbocycles. The summed E-state index contributed by atoms with van der Waals surface area (Å²) < 4.78 is 13.0. The number of amides is 1. The van der Waals surface area contributed by atoms with Crippen molar-refractivity contribution in [2.45, 2.75) is 27.4 Å². The minimum atomic E-state index is -0.272. The second kappa shape index (κ2) is 9.56. The molecule has 7 nitrogen and oxygen atoms in total. The lowest BCUT2D eigenvalue weighted by Gasteiger charge is -2.12. The van der Waals surface area contributed by atoms with E-state index in [2.05, 4.69) is 10.3 Å². The number of rotatable bonds is 7. The number of carbonyl (C=O) groups is 1. The van der Waals surface area contributed by atoms with Gasteiger partial charge in [-0.05, 0) is 67.8 Å². The van der Waals surface area contributed by atoms with E-state index >= 15 is 0 Å². The van der Waals surface area contributed by atoms with Crippen LogP contribution in [0.2, 0.25) is 0 Å². The molecular formula is C26H25N3O4. The smallest absolute Gasteiger partial charge is 0.262 e. The van der Waals surface area contributed by atoms with E-state index < -0.39 is 0 Å². The summed E-state index contributed by atoms with van der Waals surface area (Å²) in [6, 6.07) is 18.1. The molecule has 0 aliphatic heterocycles. The van der Waals surface area contributed by atoms with Crippen LogP contribution in [0.3, 0.4) is 0 Å². The predicted molar refractivity (Wildman–Crippen MR) is 127 cm³/mol. The zero-order chi connectivity index (χ0) is 23.4. The van der Waals surface area contributed by atoms with Gasteiger partial charge in [0.1, 0.15) is 23.8 Å². The summed E-state index contributed by atoms with van der Waals surface area (Å²) in [5.74, 6) is 0.969. The summed E-state index contributed by atoms with van der Waals surface area (Å²) in [5, 5.41) is 2.82. The van der Waals surface area contributed by atoms with Gasteiger partial charge in [-0.1, -0.05) is 18.2 Å². The first-order chi connectivity index (χ1) is 15.9. The zero-order valence-corrected chi connectivity index (χ0v) is 18.8. The highest BCUT2D eigenvalue weighted by Crippen LogP contribution is 2.23. The van der Waals surface area contributed by atoms with Crippen LogP contribution in [0.4, 0.5) is 5.69 Å². The van der Waals surface area contributed by atoms with Crippen LogP contribution in [0, 0.1) is 20.8 Å². The summed E-state index contributed by atoms with van der Waals surface area (Å²) in [5.41, 5.74) is 4.52. The van der Waals surface area contributed by atoms with Gasteiger partial charge in [-0.3, -0.25) is 14.0 Å².